The molecule has 1 aliphatic heterocycles. The average molecular weight is 185 g/mol. The molecule has 1 atom stereocenters. The highest BCUT2D eigenvalue weighted by Crippen LogP contribution is 2.29. The maximum Gasteiger partial charge on any atom is 0.0649 e. The van der Waals surface area contributed by atoms with Crippen LogP contribution in [0, 0.1) is 0 Å². The lowest BCUT2D eigenvalue weighted by molar-refractivity contribution is 0.00777. The summed E-state index contributed by atoms with van der Waals surface area (Å²) in [4.78, 5) is 0. The minimum atomic E-state index is 0.0914. The van der Waals surface area contributed by atoms with Gasteiger partial charge in [0.05, 0.1) is 6.61 Å². The summed E-state index contributed by atoms with van der Waals surface area (Å²) in [6, 6.07) is 0.702. The standard InChI is InChI=1S/C10H19NO2/c12-6-5-10(11-9-2-3-9)4-1-7-13-8-10/h9,11-12H,1-8H2. The fourth-order valence-corrected chi connectivity index (χ4v) is 2.11. The summed E-state index contributed by atoms with van der Waals surface area (Å²) >= 11 is 0. The van der Waals surface area contributed by atoms with Crippen LogP contribution in [0.1, 0.15) is 32.1 Å². The Morgan fingerprint density at radius 3 is 2.85 bits per heavy atom. The molecule has 0 amide bonds. The van der Waals surface area contributed by atoms with E-state index in [0.29, 0.717) is 6.04 Å². The van der Waals surface area contributed by atoms with Gasteiger partial charge in [0, 0.05) is 24.8 Å². The molecule has 2 N–H and O–H groups in total. The van der Waals surface area contributed by atoms with Crippen molar-refractivity contribution >= 4 is 0 Å². The Hall–Kier alpha value is -0.120. The number of ether oxygens (including phenoxy) is 1. The van der Waals surface area contributed by atoms with Crippen molar-refractivity contribution in [3.63, 3.8) is 0 Å². The van der Waals surface area contributed by atoms with Gasteiger partial charge >= 0.3 is 0 Å². The third kappa shape index (κ3) is 2.42. The molecule has 76 valence electrons. The van der Waals surface area contributed by atoms with E-state index in [-0.39, 0.29) is 12.1 Å². The average Bonchev–Trinajstić information content (AvgIpc) is 2.90. The van der Waals surface area contributed by atoms with E-state index < -0.39 is 0 Å². The molecule has 2 rings (SSSR count). The van der Waals surface area contributed by atoms with E-state index in [1.165, 1.54) is 12.8 Å². The molecule has 3 heteroatoms. The minimum Gasteiger partial charge on any atom is -0.396 e. The van der Waals surface area contributed by atoms with Crippen LogP contribution in [0.4, 0.5) is 0 Å². The zero-order chi connectivity index (χ0) is 9.15. The fraction of sp³-hybridized carbons (Fsp3) is 1.00. The quantitative estimate of drug-likeness (QED) is 0.676. The lowest BCUT2D eigenvalue weighted by Crippen LogP contribution is -2.53. The van der Waals surface area contributed by atoms with Crippen LogP contribution in [-0.4, -0.2) is 36.5 Å². The van der Waals surface area contributed by atoms with Crippen molar-refractivity contribution in [3.8, 4) is 0 Å². The first-order valence-electron chi connectivity index (χ1n) is 5.31. The van der Waals surface area contributed by atoms with Gasteiger partial charge in [-0.1, -0.05) is 0 Å². The van der Waals surface area contributed by atoms with Crippen LogP contribution in [0.2, 0.25) is 0 Å². The van der Waals surface area contributed by atoms with Gasteiger partial charge in [-0.3, -0.25) is 0 Å². The molecule has 1 saturated heterocycles. The Balaban J connectivity index is 1.90. The second-order valence-electron chi connectivity index (χ2n) is 4.33. The zero-order valence-electron chi connectivity index (χ0n) is 8.09. The number of hydrogen-bond donors (Lipinski definition) is 2. The van der Waals surface area contributed by atoms with E-state index >= 15 is 0 Å². The van der Waals surface area contributed by atoms with E-state index in [1.54, 1.807) is 0 Å². The lowest BCUT2D eigenvalue weighted by Gasteiger charge is -2.38. The van der Waals surface area contributed by atoms with Crippen molar-refractivity contribution < 1.29 is 9.84 Å². The first-order chi connectivity index (χ1) is 6.35. The summed E-state index contributed by atoms with van der Waals surface area (Å²) in [6.07, 6.45) is 5.72. The molecule has 1 unspecified atom stereocenters. The Labute approximate surface area is 79.5 Å². The van der Waals surface area contributed by atoms with Gasteiger partial charge in [-0.15, -0.1) is 0 Å². The maximum absolute atomic E-state index is 9.02. The van der Waals surface area contributed by atoms with Gasteiger partial charge in [0.25, 0.3) is 0 Å². The summed E-state index contributed by atoms with van der Waals surface area (Å²) < 4.78 is 5.49. The van der Waals surface area contributed by atoms with Crippen LogP contribution in [0.5, 0.6) is 0 Å². The van der Waals surface area contributed by atoms with Gasteiger partial charge in [-0.05, 0) is 32.1 Å². The first-order valence-corrected chi connectivity index (χ1v) is 5.31. The molecule has 0 radical (unpaired) electrons. The molecule has 1 saturated carbocycles. The smallest absolute Gasteiger partial charge is 0.0649 e. The van der Waals surface area contributed by atoms with Crippen molar-refractivity contribution in [2.45, 2.75) is 43.7 Å². The second kappa shape index (κ2) is 3.95. The van der Waals surface area contributed by atoms with Crippen molar-refractivity contribution in [3.05, 3.63) is 0 Å². The Morgan fingerprint density at radius 1 is 1.46 bits per heavy atom. The Bertz CT molecular complexity index is 157. The van der Waals surface area contributed by atoms with Crippen molar-refractivity contribution in [2.24, 2.45) is 0 Å². The summed E-state index contributed by atoms with van der Waals surface area (Å²) in [7, 11) is 0. The fourth-order valence-electron chi connectivity index (χ4n) is 2.11. The van der Waals surface area contributed by atoms with Crippen LogP contribution in [0.25, 0.3) is 0 Å². The normalized spacial score (nSPS) is 34.8. The molecule has 1 aliphatic carbocycles. The second-order valence-corrected chi connectivity index (χ2v) is 4.33. The summed E-state index contributed by atoms with van der Waals surface area (Å²) in [6.45, 7) is 1.94. The molecule has 0 bridgehead atoms. The topological polar surface area (TPSA) is 41.5 Å². The lowest BCUT2D eigenvalue weighted by atomic mass is 9.89. The van der Waals surface area contributed by atoms with Crippen molar-refractivity contribution in [1.29, 1.82) is 0 Å². The highest BCUT2D eigenvalue weighted by atomic mass is 16.5. The van der Waals surface area contributed by atoms with E-state index in [0.717, 1.165) is 32.5 Å². The summed E-state index contributed by atoms with van der Waals surface area (Å²) in [5.41, 5.74) is 0.0914. The Kier molecular flexibility index (Phi) is 2.86. The summed E-state index contributed by atoms with van der Waals surface area (Å²) in [5.74, 6) is 0. The number of aliphatic hydroxyl groups is 1. The van der Waals surface area contributed by atoms with E-state index in [9.17, 15) is 0 Å². The number of rotatable bonds is 4. The molecule has 0 aromatic carbocycles. The van der Waals surface area contributed by atoms with Crippen molar-refractivity contribution in [1.82, 2.24) is 5.32 Å². The monoisotopic (exact) mass is 185 g/mol. The molecule has 0 aromatic rings. The van der Waals surface area contributed by atoms with E-state index in [1.807, 2.05) is 0 Å². The van der Waals surface area contributed by atoms with Crippen LogP contribution in [0.15, 0.2) is 0 Å². The number of hydrogen-bond acceptors (Lipinski definition) is 3. The van der Waals surface area contributed by atoms with E-state index in [2.05, 4.69) is 5.32 Å². The first kappa shape index (κ1) is 9.44. The number of aliphatic hydroxyl groups excluding tert-OH is 1. The minimum absolute atomic E-state index is 0.0914. The highest BCUT2D eigenvalue weighted by Gasteiger charge is 2.37. The molecule has 1 heterocycles. The third-order valence-corrected chi connectivity index (χ3v) is 3.00. The molecule has 2 fully saturated rings. The maximum atomic E-state index is 9.02. The van der Waals surface area contributed by atoms with Gasteiger partial charge in [-0.2, -0.15) is 0 Å². The van der Waals surface area contributed by atoms with Crippen LogP contribution in [0.3, 0.4) is 0 Å². The van der Waals surface area contributed by atoms with Gasteiger partial charge < -0.3 is 15.2 Å². The molecule has 0 aromatic heterocycles. The zero-order valence-corrected chi connectivity index (χ0v) is 8.09. The highest BCUT2D eigenvalue weighted by molar-refractivity contribution is 4.96. The predicted molar refractivity (Wildman–Crippen MR) is 50.6 cm³/mol. The molecule has 3 nitrogen and oxygen atoms in total. The van der Waals surface area contributed by atoms with Crippen LogP contribution in [-0.2, 0) is 4.74 Å². The largest absolute Gasteiger partial charge is 0.396 e. The molecule has 0 spiro atoms. The Morgan fingerprint density at radius 2 is 2.31 bits per heavy atom. The SMILES string of the molecule is OCCC1(NC2CC2)CCCOC1. The van der Waals surface area contributed by atoms with Crippen LogP contribution < -0.4 is 5.32 Å². The van der Waals surface area contributed by atoms with Gasteiger partial charge in [0.1, 0.15) is 0 Å². The summed E-state index contributed by atoms with van der Waals surface area (Å²) in [5, 5.41) is 12.6. The molecular formula is C10H19NO2. The van der Waals surface area contributed by atoms with Gasteiger partial charge in [-0.25, -0.2) is 0 Å². The van der Waals surface area contributed by atoms with Crippen LogP contribution >= 0.6 is 0 Å². The third-order valence-electron chi connectivity index (χ3n) is 3.00. The van der Waals surface area contributed by atoms with Crippen molar-refractivity contribution in [2.75, 3.05) is 19.8 Å². The predicted octanol–water partition coefficient (Wildman–Crippen LogP) is 0.670. The number of nitrogens with one attached hydrogen (secondary N) is 1. The van der Waals surface area contributed by atoms with Gasteiger partial charge in [0.2, 0.25) is 0 Å². The molecular weight excluding hydrogens is 166 g/mol. The van der Waals surface area contributed by atoms with E-state index in [4.69, 9.17) is 9.84 Å². The molecule has 2 aliphatic rings. The van der Waals surface area contributed by atoms with Gasteiger partial charge in [0.15, 0.2) is 0 Å². The molecule has 13 heavy (non-hydrogen) atoms.